The van der Waals surface area contributed by atoms with Crippen LogP contribution in [-0.2, 0) is 16.1 Å². The van der Waals surface area contributed by atoms with Crippen LogP contribution in [0.4, 0.5) is 0 Å². The Labute approximate surface area is 151 Å². The number of benzene rings is 1. The van der Waals surface area contributed by atoms with Crippen LogP contribution < -0.4 is 11.1 Å². The highest BCUT2D eigenvalue weighted by Crippen LogP contribution is 2.49. The predicted molar refractivity (Wildman–Crippen MR) is 100 cm³/mol. The van der Waals surface area contributed by atoms with Crippen LogP contribution in [0.3, 0.4) is 0 Å². The predicted octanol–water partition coefficient (Wildman–Crippen LogP) is 3.18. The number of hydrogen-bond donors (Lipinski definition) is 2. The van der Waals surface area contributed by atoms with Crippen molar-refractivity contribution in [3.63, 3.8) is 0 Å². The zero-order valence-electron chi connectivity index (χ0n) is 15.7. The number of nitrogens with one attached hydrogen (secondary N) is 1. The summed E-state index contributed by atoms with van der Waals surface area (Å²) < 4.78 is 5.69. The number of carbonyl (C=O) groups is 1. The van der Waals surface area contributed by atoms with Gasteiger partial charge in [-0.3, -0.25) is 4.79 Å². The second-order valence-electron chi connectivity index (χ2n) is 7.40. The molecule has 0 aromatic heterocycles. The lowest BCUT2D eigenvalue weighted by Crippen LogP contribution is -2.75. The summed E-state index contributed by atoms with van der Waals surface area (Å²) in [6, 6.07) is 4.29. The molecule has 1 aliphatic rings. The normalized spacial score (nSPS) is 24.7. The van der Waals surface area contributed by atoms with Gasteiger partial charge in [0.15, 0.2) is 0 Å². The van der Waals surface area contributed by atoms with Crippen molar-refractivity contribution in [3.05, 3.63) is 34.4 Å². The molecule has 1 aromatic rings. The molecule has 0 radical (unpaired) electrons. The molecule has 0 heterocycles. The van der Waals surface area contributed by atoms with Gasteiger partial charge >= 0.3 is 0 Å². The van der Waals surface area contributed by atoms with Crippen LogP contribution in [0.15, 0.2) is 12.1 Å². The maximum atomic E-state index is 12.7. The minimum atomic E-state index is -0.862. The number of halogens is 1. The minimum Gasteiger partial charge on any atom is -0.378 e. The molecule has 4 nitrogen and oxygen atoms in total. The standard InChI is InChI=1S/C19H30N2O2.ClH/c1-7-23-16-10-19(20,18(16,5)6)17(22)21-11-15-13(3)8-12(2)9-14(15)4;/h8-9,16H,7,10-11,20H2,1-6H3,(H,21,22);1H. The fourth-order valence-electron chi connectivity index (χ4n) is 3.64. The highest BCUT2D eigenvalue weighted by molar-refractivity contribution is 5.88. The van der Waals surface area contributed by atoms with E-state index in [-0.39, 0.29) is 29.8 Å². The molecule has 0 bridgehead atoms. The van der Waals surface area contributed by atoms with Gasteiger partial charge in [-0.05, 0) is 44.4 Å². The Morgan fingerprint density at radius 2 is 1.83 bits per heavy atom. The van der Waals surface area contributed by atoms with Crippen LogP contribution in [-0.4, -0.2) is 24.2 Å². The summed E-state index contributed by atoms with van der Waals surface area (Å²) >= 11 is 0. The van der Waals surface area contributed by atoms with Gasteiger partial charge < -0.3 is 15.8 Å². The third-order valence-electron chi connectivity index (χ3n) is 5.50. The summed E-state index contributed by atoms with van der Waals surface area (Å²) in [6.45, 7) is 13.4. The van der Waals surface area contributed by atoms with E-state index in [0.29, 0.717) is 19.6 Å². The summed E-state index contributed by atoms with van der Waals surface area (Å²) in [5.41, 5.74) is 10.0. The molecule has 1 aliphatic carbocycles. The molecule has 1 saturated carbocycles. The molecule has 5 heteroatoms. The number of ether oxygens (including phenoxy) is 1. The van der Waals surface area contributed by atoms with Crippen molar-refractivity contribution < 1.29 is 9.53 Å². The lowest BCUT2D eigenvalue weighted by Gasteiger charge is -2.57. The van der Waals surface area contributed by atoms with E-state index >= 15 is 0 Å². The average Bonchev–Trinajstić information content (AvgIpc) is 2.45. The fourth-order valence-corrected chi connectivity index (χ4v) is 3.64. The van der Waals surface area contributed by atoms with E-state index in [2.05, 4.69) is 38.2 Å². The zero-order chi connectivity index (χ0) is 17.4. The molecule has 2 rings (SSSR count). The van der Waals surface area contributed by atoms with Crippen molar-refractivity contribution in [1.29, 1.82) is 0 Å². The van der Waals surface area contributed by atoms with Gasteiger partial charge in [0.25, 0.3) is 0 Å². The van der Waals surface area contributed by atoms with E-state index in [1.807, 2.05) is 20.8 Å². The van der Waals surface area contributed by atoms with Crippen molar-refractivity contribution in [1.82, 2.24) is 5.32 Å². The van der Waals surface area contributed by atoms with Crippen molar-refractivity contribution in [2.75, 3.05) is 6.61 Å². The third-order valence-corrected chi connectivity index (χ3v) is 5.50. The van der Waals surface area contributed by atoms with E-state index in [1.165, 1.54) is 22.3 Å². The van der Waals surface area contributed by atoms with Gasteiger partial charge in [0.05, 0.1) is 6.10 Å². The van der Waals surface area contributed by atoms with Crippen LogP contribution in [0.25, 0.3) is 0 Å². The number of hydrogen-bond acceptors (Lipinski definition) is 3. The SMILES string of the molecule is CCOC1CC(N)(C(=O)NCc2c(C)cc(C)cc2C)C1(C)C.Cl. The van der Waals surface area contributed by atoms with Gasteiger partial charge in [-0.1, -0.05) is 31.5 Å². The topological polar surface area (TPSA) is 64.3 Å². The van der Waals surface area contributed by atoms with Crippen LogP contribution in [0.1, 0.15) is 49.4 Å². The summed E-state index contributed by atoms with van der Waals surface area (Å²) in [5, 5.41) is 3.04. The van der Waals surface area contributed by atoms with Crippen LogP contribution in [0.2, 0.25) is 0 Å². The molecular formula is C19H31ClN2O2. The Kier molecular flexibility index (Phi) is 6.48. The Morgan fingerprint density at radius 3 is 2.29 bits per heavy atom. The fraction of sp³-hybridized carbons (Fsp3) is 0.632. The second-order valence-corrected chi connectivity index (χ2v) is 7.40. The Hall–Kier alpha value is -1.10. The molecule has 1 fully saturated rings. The first-order valence-corrected chi connectivity index (χ1v) is 8.39. The van der Waals surface area contributed by atoms with Crippen LogP contribution in [0.5, 0.6) is 0 Å². The van der Waals surface area contributed by atoms with Crippen molar-refractivity contribution in [2.24, 2.45) is 11.1 Å². The zero-order valence-corrected chi connectivity index (χ0v) is 16.5. The smallest absolute Gasteiger partial charge is 0.241 e. The summed E-state index contributed by atoms with van der Waals surface area (Å²) in [5.74, 6) is -0.0853. The van der Waals surface area contributed by atoms with E-state index < -0.39 is 5.54 Å². The summed E-state index contributed by atoms with van der Waals surface area (Å²) in [4.78, 5) is 12.7. The highest BCUT2D eigenvalue weighted by atomic mass is 35.5. The molecule has 24 heavy (non-hydrogen) atoms. The first kappa shape index (κ1) is 20.9. The molecule has 0 aliphatic heterocycles. The maximum absolute atomic E-state index is 12.7. The number of aryl methyl sites for hydroxylation is 3. The Bertz CT molecular complexity index is 592. The van der Waals surface area contributed by atoms with Gasteiger partial charge in [0, 0.05) is 25.0 Å². The molecule has 1 amide bonds. The van der Waals surface area contributed by atoms with Crippen molar-refractivity contribution >= 4 is 18.3 Å². The number of amides is 1. The average molecular weight is 355 g/mol. The van der Waals surface area contributed by atoms with Gasteiger partial charge in [0.1, 0.15) is 5.54 Å². The third kappa shape index (κ3) is 3.46. The number of nitrogens with two attached hydrogens (primary N) is 1. The lowest BCUT2D eigenvalue weighted by molar-refractivity contribution is -0.170. The monoisotopic (exact) mass is 354 g/mol. The van der Waals surface area contributed by atoms with E-state index in [0.717, 1.165) is 0 Å². The Balaban J connectivity index is 0.00000288. The van der Waals surface area contributed by atoms with Crippen LogP contribution >= 0.6 is 12.4 Å². The maximum Gasteiger partial charge on any atom is 0.241 e. The molecule has 2 unspecified atom stereocenters. The number of rotatable bonds is 5. The van der Waals surface area contributed by atoms with E-state index in [9.17, 15) is 4.79 Å². The summed E-state index contributed by atoms with van der Waals surface area (Å²) in [7, 11) is 0. The van der Waals surface area contributed by atoms with Crippen LogP contribution in [0, 0.1) is 26.2 Å². The first-order chi connectivity index (χ1) is 10.6. The lowest BCUT2D eigenvalue weighted by atomic mass is 9.54. The molecule has 2 atom stereocenters. The largest absolute Gasteiger partial charge is 0.378 e. The molecule has 3 N–H and O–H groups in total. The molecule has 136 valence electrons. The van der Waals surface area contributed by atoms with Gasteiger partial charge in [0.2, 0.25) is 5.91 Å². The second kappa shape index (κ2) is 7.42. The minimum absolute atomic E-state index is 0. The molecular weight excluding hydrogens is 324 g/mol. The molecule has 1 aromatic carbocycles. The first-order valence-electron chi connectivity index (χ1n) is 8.39. The summed E-state index contributed by atoms with van der Waals surface area (Å²) in [6.07, 6.45) is 0.622. The molecule has 0 saturated heterocycles. The van der Waals surface area contributed by atoms with Gasteiger partial charge in [-0.15, -0.1) is 12.4 Å². The number of carbonyl (C=O) groups excluding carboxylic acids is 1. The highest BCUT2D eigenvalue weighted by Gasteiger charge is 2.62. The molecule has 0 spiro atoms. The van der Waals surface area contributed by atoms with Crippen molar-refractivity contribution in [3.8, 4) is 0 Å². The Morgan fingerprint density at radius 1 is 1.29 bits per heavy atom. The van der Waals surface area contributed by atoms with Gasteiger partial charge in [-0.25, -0.2) is 0 Å². The van der Waals surface area contributed by atoms with E-state index in [1.54, 1.807) is 0 Å². The quantitative estimate of drug-likeness (QED) is 0.853. The van der Waals surface area contributed by atoms with Crippen molar-refractivity contribution in [2.45, 2.75) is 66.2 Å². The van der Waals surface area contributed by atoms with Gasteiger partial charge in [-0.2, -0.15) is 0 Å². The van der Waals surface area contributed by atoms with E-state index in [4.69, 9.17) is 10.5 Å².